The summed E-state index contributed by atoms with van der Waals surface area (Å²) < 4.78 is 5.78. The van der Waals surface area contributed by atoms with Crippen LogP contribution < -0.4 is 0 Å². The first kappa shape index (κ1) is 12.2. The highest BCUT2D eigenvalue weighted by atomic mass is 16.5. The van der Waals surface area contributed by atoms with Gasteiger partial charge in [-0.3, -0.25) is 4.90 Å². The van der Waals surface area contributed by atoms with Gasteiger partial charge < -0.3 is 4.74 Å². The molecule has 2 aliphatic heterocycles. The number of ether oxygens (including phenoxy) is 1. The molecule has 1 aromatic carbocycles. The number of methoxy groups -OCH3 is 1. The van der Waals surface area contributed by atoms with Crippen LogP contribution in [0.4, 0.5) is 0 Å². The Balaban J connectivity index is 1.90. The summed E-state index contributed by atoms with van der Waals surface area (Å²) in [4.78, 5) is 2.69. The van der Waals surface area contributed by atoms with Crippen LogP contribution in [0, 0.1) is 0 Å². The molecule has 0 aromatic heterocycles. The predicted octanol–water partition coefficient (Wildman–Crippen LogP) is 3.04. The second-order valence-corrected chi connectivity index (χ2v) is 5.60. The van der Waals surface area contributed by atoms with Gasteiger partial charge in [-0.2, -0.15) is 0 Å². The highest BCUT2D eigenvalue weighted by Crippen LogP contribution is 2.38. The highest BCUT2D eigenvalue weighted by molar-refractivity contribution is 5.24. The zero-order valence-corrected chi connectivity index (χ0v) is 11.2. The van der Waals surface area contributed by atoms with Crippen LogP contribution >= 0.6 is 0 Å². The van der Waals surface area contributed by atoms with E-state index in [4.69, 9.17) is 4.74 Å². The number of fused-ring (bicyclic) bond motifs is 1. The molecule has 0 amide bonds. The molecule has 3 rings (SSSR count). The van der Waals surface area contributed by atoms with Crippen molar-refractivity contribution < 1.29 is 4.74 Å². The first-order valence-corrected chi connectivity index (χ1v) is 7.22. The van der Waals surface area contributed by atoms with Crippen LogP contribution in [0.5, 0.6) is 0 Å². The van der Waals surface area contributed by atoms with E-state index < -0.39 is 0 Å². The monoisotopic (exact) mass is 245 g/mol. The van der Waals surface area contributed by atoms with Crippen molar-refractivity contribution in [2.24, 2.45) is 0 Å². The van der Waals surface area contributed by atoms with Gasteiger partial charge in [-0.05, 0) is 31.4 Å². The standard InChI is InChI=1S/C16H23NO/c1-18-15-10-12-17-11-6-5-9-14(17)16(15)13-7-3-2-4-8-13/h2-4,7-8,14-16H,5-6,9-12H2,1H3/t14-,15-,16-/m1/s1. The van der Waals surface area contributed by atoms with Crippen LogP contribution in [0.2, 0.25) is 0 Å². The van der Waals surface area contributed by atoms with Gasteiger partial charge in [0.05, 0.1) is 6.10 Å². The average Bonchev–Trinajstić information content (AvgIpc) is 2.47. The number of benzene rings is 1. The maximum absolute atomic E-state index is 5.78. The van der Waals surface area contributed by atoms with Crippen molar-refractivity contribution in [1.82, 2.24) is 4.90 Å². The van der Waals surface area contributed by atoms with Gasteiger partial charge >= 0.3 is 0 Å². The number of rotatable bonds is 2. The molecule has 0 radical (unpaired) electrons. The van der Waals surface area contributed by atoms with Crippen LogP contribution in [-0.2, 0) is 4.74 Å². The second-order valence-electron chi connectivity index (χ2n) is 5.60. The minimum absolute atomic E-state index is 0.395. The maximum atomic E-state index is 5.78. The molecule has 2 fully saturated rings. The molecule has 0 aliphatic carbocycles. The molecular weight excluding hydrogens is 222 g/mol. The molecule has 0 saturated carbocycles. The summed E-state index contributed by atoms with van der Waals surface area (Å²) in [5.41, 5.74) is 1.46. The van der Waals surface area contributed by atoms with Gasteiger partial charge in [-0.15, -0.1) is 0 Å². The third kappa shape index (κ3) is 2.19. The minimum Gasteiger partial charge on any atom is -0.381 e. The summed E-state index contributed by atoms with van der Waals surface area (Å²) in [6, 6.07) is 11.7. The van der Waals surface area contributed by atoms with E-state index in [-0.39, 0.29) is 0 Å². The molecule has 18 heavy (non-hydrogen) atoms. The van der Waals surface area contributed by atoms with Crippen molar-refractivity contribution in [3.63, 3.8) is 0 Å². The third-order valence-electron chi connectivity index (χ3n) is 4.67. The van der Waals surface area contributed by atoms with E-state index in [1.54, 1.807) is 0 Å². The Morgan fingerprint density at radius 1 is 1.06 bits per heavy atom. The van der Waals surface area contributed by atoms with E-state index in [1.165, 1.54) is 44.3 Å². The SMILES string of the molecule is CO[C@@H]1CCN2CCCC[C@@H]2[C@H]1c1ccccc1. The second kappa shape index (κ2) is 5.41. The van der Waals surface area contributed by atoms with Crippen molar-refractivity contribution >= 4 is 0 Å². The van der Waals surface area contributed by atoms with E-state index in [1.807, 2.05) is 7.11 Å². The van der Waals surface area contributed by atoms with Crippen LogP contribution in [0.3, 0.4) is 0 Å². The Bertz CT molecular complexity index is 378. The van der Waals surface area contributed by atoms with Gasteiger partial charge in [0.15, 0.2) is 0 Å². The quantitative estimate of drug-likeness (QED) is 0.794. The smallest absolute Gasteiger partial charge is 0.0667 e. The molecule has 2 saturated heterocycles. The van der Waals surface area contributed by atoms with Crippen molar-refractivity contribution in [3.05, 3.63) is 35.9 Å². The summed E-state index contributed by atoms with van der Waals surface area (Å²) >= 11 is 0. The van der Waals surface area contributed by atoms with Crippen LogP contribution in [0.15, 0.2) is 30.3 Å². The van der Waals surface area contributed by atoms with Gasteiger partial charge in [0, 0.05) is 25.6 Å². The van der Waals surface area contributed by atoms with E-state index in [9.17, 15) is 0 Å². The Hall–Kier alpha value is -0.860. The molecule has 0 spiro atoms. The van der Waals surface area contributed by atoms with Crippen LogP contribution in [0.25, 0.3) is 0 Å². The summed E-state index contributed by atoms with van der Waals surface area (Å²) in [5.74, 6) is 0.560. The van der Waals surface area contributed by atoms with Crippen molar-refractivity contribution in [2.45, 2.75) is 43.7 Å². The normalized spacial score (nSPS) is 33.1. The largest absolute Gasteiger partial charge is 0.381 e. The average molecular weight is 245 g/mol. The first-order valence-electron chi connectivity index (χ1n) is 7.22. The zero-order chi connectivity index (χ0) is 12.4. The molecule has 2 nitrogen and oxygen atoms in total. The lowest BCUT2D eigenvalue weighted by molar-refractivity contribution is -0.0226. The number of piperidine rings is 2. The maximum Gasteiger partial charge on any atom is 0.0667 e. The van der Waals surface area contributed by atoms with Crippen LogP contribution in [-0.4, -0.2) is 37.2 Å². The molecular formula is C16H23NO. The Kier molecular flexibility index (Phi) is 3.67. The Labute approximate surface area is 110 Å². The zero-order valence-electron chi connectivity index (χ0n) is 11.2. The van der Waals surface area contributed by atoms with Gasteiger partial charge in [0.2, 0.25) is 0 Å². The fraction of sp³-hybridized carbons (Fsp3) is 0.625. The summed E-state index contributed by atoms with van der Waals surface area (Å²) in [6.45, 7) is 2.50. The molecule has 1 aromatic rings. The van der Waals surface area contributed by atoms with Gasteiger partial charge in [-0.1, -0.05) is 36.8 Å². The first-order chi connectivity index (χ1) is 8.90. The molecule has 0 N–H and O–H groups in total. The van der Waals surface area contributed by atoms with Crippen molar-refractivity contribution in [1.29, 1.82) is 0 Å². The lowest BCUT2D eigenvalue weighted by atomic mass is 9.77. The van der Waals surface area contributed by atoms with Gasteiger partial charge in [0.25, 0.3) is 0 Å². The third-order valence-corrected chi connectivity index (χ3v) is 4.67. The number of hydrogen-bond donors (Lipinski definition) is 0. The fourth-order valence-electron chi connectivity index (χ4n) is 3.80. The molecule has 2 heteroatoms. The van der Waals surface area contributed by atoms with Gasteiger partial charge in [0.1, 0.15) is 0 Å². The van der Waals surface area contributed by atoms with E-state index in [2.05, 4.69) is 35.2 Å². The van der Waals surface area contributed by atoms with Gasteiger partial charge in [-0.25, -0.2) is 0 Å². The lowest BCUT2D eigenvalue weighted by Crippen LogP contribution is -2.52. The summed E-state index contributed by atoms with van der Waals surface area (Å²) in [6.07, 6.45) is 5.65. The Morgan fingerprint density at radius 3 is 2.67 bits per heavy atom. The topological polar surface area (TPSA) is 12.5 Å². The summed E-state index contributed by atoms with van der Waals surface area (Å²) in [7, 11) is 1.87. The molecule has 2 aliphatic rings. The highest BCUT2D eigenvalue weighted by Gasteiger charge is 2.39. The fourth-order valence-corrected chi connectivity index (χ4v) is 3.80. The molecule has 0 unspecified atom stereocenters. The minimum atomic E-state index is 0.395. The molecule has 0 bridgehead atoms. The molecule has 98 valence electrons. The molecule has 3 atom stereocenters. The Morgan fingerprint density at radius 2 is 1.89 bits per heavy atom. The van der Waals surface area contributed by atoms with E-state index in [0.717, 1.165) is 0 Å². The van der Waals surface area contributed by atoms with E-state index in [0.29, 0.717) is 18.1 Å². The summed E-state index contributed by atoms with van der Waals surface area (Å²) in [5, 5.41) is 0. The van der Waals surface area contributed by atoms with Crippen molar-refractivity contribution in [3.8, 4) is 0 Å². The van der Waals surface area contributed by atoms with Crippen LogP contribution in [0.1, 0.15) is 37.2 Å². The predicted molar refractivity (Wildman–Crippen MR) is 73.8 cm³/mol. The van der Waals surface area contributed by atoms with E-state index >= 15 is 0 Å². The molecule has 2 heterocycles. The lowest BCUT2D eigenvalue weighted by Gasteiger charge is -2.47. The number of hydrogen-bond acceptors (Lipinski definition) is 2. The van der Waals surface area contributed by atoms with Crippen molar-refractivity contribution in [2.75, 3.05) is 20.2 Å². The number of nitrogens with zero attached hydrogens (tertiary/aromatic N) is 1.